The lowest BCUT2D eigenvalue weighted by molar-refractivity contribution is -0.122. The van der Waals surface area contributed by atoms with Crippen LogP contribution >= 0.6 is 0 Å². The lowest BCUT2D eigenvalue weighted by Gasteiger charge is -2.26. The van der Waals surface area contributed by atoms with Crippen LogP contribution in [-0.4, -0.2) is 50.8 Å². The molecule has 9 heteroatoms. The summed E-state index contributed by atoms with van der Waals surface area (Å²) in [6.45, 7) is 3.49. The van der Waals surface area contributed by atoms with Gasteiger partial charge >= 0.3 is 0 Å². The summed E-state index contributed by atoms with van der Waals surface area (Å²) in [6.07, 6.45) is 0.0362. The number of para-hydroxylation sites is 1. The van der Waals surface area contributed by atoms with Gasteiger partial charge in [-0.15, -0.1) is 0 Å². The first-order valence-electron chi connectivity index (χ1n) is 9.65. The fourth-order valence-electron chi connectivity index (χ4n) is 3.75. The Morgan fingerprint density at radius 2 is 2.03 bits per heavy atom. The fraction of sp³-hybridized carbons (Fsp3) is 0.333. The van der Waals surface area contributed by atoms with Crippen LogP contribution in [0.15, 0.2) is 41.3 Å². The lowest BCUT2D eigenvalue weighted by Crippen LogP contribution is -2.40. The average Bonchev–Trinajstić information content (AvgIpc) is 3.13. The van der Waals surface area contributed by atoms with Crippen molar-refractivity contribution in [1.82, 2.24) is 4.31 Å². The molecule has 4 rings (SSSR count). The Morgan fingerprint density at radius 3 is 2.80 bits per heavy atom. The molecule has 2 aromatic carbocycles. The van der Waals surface area contributed by atoms with Gasteiger partial charge in [-0.2, -0.15) is 4.31 Å². The molecule has 1 atom stereocenters. The number of carbonyl (C=O) groups excluding carboxylic acids is 2. The Balaban J connectivity index is 1.57. The molecule has 0 aliphatic carbocycles. The van der Waals surface area contributed by atoms with Crippen molar-refractivity contribution >= 4 is 33.2 Å². The Labute approximate surface area is 175 Å². The summed E-state index contributed by atoms with van der Waals surface area (Å²) in [5.41, 5.74) is 2.80. The van der Waals surface area contributed by atoms with Gasteiger partial charge in [-0.05, 0) is 43.5 Å². The van der Waals surface area contributed by atoms with Crippen LogP contribution in [0.3, 0.4) is 0 Å². The number of carbonyl (C=O) groups is 2. The van der Waals surface area contributed by atoms with Crippen molar-refractivity contribution in [3.05, 3.63) is 47.5 Å². The molecule has 0 aromatic heterocycles. The van der Waals surface area contributed by atoms with E-state index < -0.39 is 16.1 Å². The topological polar surface area (TPSA) is 96.0 Å². The van der Waals surface area contributed by atoms with Gasteiger partial charge in [0.05, 0.1) is 17.1 Å². The minimum absolute atomic E-state index is 0.0433. The molecule has 0 bridgehead atoms. The second kappa shape index (κ2) is 7.41. The predicted octanol–water partition coefficient (Wildman–Crippen LogP) is 1.92. The summed E-state index contributed by atoms with van der Waals surface area (Å²) in [6, 6.07) is 10.6. The summed E-state index contributed by atoms with van der Waals surface area (Å²) < 4.78 is 33.0. The zero-order valence-corrected chi connectivity index (χ0v) is 17.8. The van der Waals surface area contributed by atoms with Crippen molar-refractivity contribution < 1.29 is 22.7 Å². The number of ether oxygens (including phenoxy) is 1. The predicted molar refractivity (Wildman–Crippen MR) is 112 cm³/mol. The molecular weight excluding hydrogens is 406 g/mol. The molecule has 2 aromatic rings. The molecule has 8 nitrogen and oxygen atoms in total. The number of nitrogens with one attached hydrogen (secondary N) is 1. The highest BCUT2D eigenvalue weighted by atomic mass is 32.2. The van der Waals surface area contributed by atoms with Gasteiger partial charge in [0.2, 0.25) is 15.9 Å². The molecule has 2 amide bonds. The zero-order chi connectivity index (χ0) is 21.6. The molecule has 0 unspecified atom stereocenters. The van der Waals surface area contributed by atoms with E-state index in [9.17, 15) is 18.0 Å². The molecule has 0 spiro atoms. The van der Waals surface area contributed by atoms with Gasteiger partial charge < -0.3 is 15.0 Å². The van der Waals surface area contributed by atoms with Crippen LogP contribution in [0.25, 0.3) is 0 Å². The SMILES string of the molecule is Cc1cc2c(cc1S(=O)(=O)N(C)CC(=O)N1CCc3ccccc31)O[C@H](C)C(=O)N2. The molecular formula is C21H23N3O5S. The number of aryl methyl sites for hydroxylation is 1. The fourth-order valence-corrected chi connectivity index (χ4v) is 5.08. The highest BCUT2D eigenvalue weighted by molar-refractivity contribution is 7.89. The van der Waals surface area contributed by atoms with Crippen LogP contribution in [0.1, 0.15) is 18.1 Å². The molecule has 2 heterocycles. The van der Waals surface area contributed by atoms with Crippen LogP contribution in [0.2, 0.25) is 0 Å². The molecule has 30 heavy (non-hydrogen) atoms. The van der Waals surface area contributed by atoms with Gasteiger partial charge in [0.1, 0.15) is 5.75 Å². The number of fused-ring (bicyclic) bond motifs is 2. The number of nitrogens with zero attached hydrogens (tertiary/aromatic N) is 2. The third-order valence-corrected chi connectivity index (χ3v) is 7.39. The van der Waals surface area contributed by atoms with Gasteiger partial charge in [-0.25, -0.2) is 8.42 Å². The number of benzene rings is 2. The molecule has 0 saturated carbocycles. The van der Waals surface area contributed by atoms with Crippen molar-refractivity contribution in [3.63, 3.8) is 0 Å². The number of anilines is 2. The highest BCUT2D eigenvalue weighted by Crippen LogP contribution is 2.35. The molecule has 158 valence electrons. The summed E-state index contributed by atoms with van der Waals surface area (Å²) >= 11 is 0. The summed E-state index contributed by atoms with van der Waals surface area (Å²) in [5, 5.41) is 2.70. The average molecular weight is 429 g/mol. The van der Waals surface area contributed by atoms with Gasteiger partial charge in [0.15, 0.2) is 6.10 Å². The number of hydrogen-bond acceptors (Lipinski definition) is 5. The lowest BCUT2D eigenvalue weighted by atomic mass is 10.1. The third-order valence-electron chi connectivity index (χ3n) is 5.44. The molecule has 1 N–H and O–H groups in total. The highest BCUT2D eigenvalue weighted by Gasteiger charge is 2.32. The quantitative estimate of drug-likeness (QED) is 0.801. The maximum atomic E-state index is 13.2. The first kappa shape index (κ1) is 20.4. The van der Waals surface area contributed by atoms with E-state index >= 15 is 0 Å². The van der Waals surface area contributed by atoms with E-state index in [1.165, 1.54) is 13.1 Å². The normalized spacial score (nSPS) is 17.9. The zero-order valence-electron chi connectivity index (χ0n) is 17.0. The molecule has 2 aliphatic heterocycles. The maximum absolute atomic E-state index is 13.2. The van der Waals surface area contributed by atoms with E-state index in [-0.39, 0.29) is 23.3 Å². The van der Waals surface area contributed by atoms with Crippen LogP contribution in [0.4, 0.5) is 11.4 Å². The van der Waals surface area contributed by atoms with Crippen LogP contribution < -0.4 is 15.0 Å². The Bertz CT molecular complexity index is 1150. The molecule has 0 fully saturated rings. The van der Waals surface area contributed by atoms with Crippen molar-refractivity contribution in [1.29, 1.82) is 0 Å². The summed E-state index contributed by atoms with van der Waals surface area (Å²) in [5.74, 6) is -0.274. The van der Waals surface area contributed by atoms with Crippen molar-refractivity contribution in [3.8, 4) is 5.75 Å². The van der Waals surface area contributed by atoms with Gasteiger partial charge in [-0.3, -0.25) is 9.59 Å². The van der Waals surface area contributed by atoms with Crippen LogP contribution in [0.5, 0.6) is 5.75 Å². The molecule has 2 aliphatic rings. The minimum Gasteiger partial charge on any atom is -0.479 e. The van der Waals surface area contributed by atoms with Crippen molar-refractivity contribution in [2.75, 3.05) is 30.4 Å². The summed E-state index contributed by atoms with van der Waals surface area (Å²) in [7, 11) is -2.55. The standard InChI is InChI=1S/C21H23N3O5S/c1-13-10-16-18(29-14(2)21(26)22-16)11-19(13)30(27,28)23(3)12-20(25)24-9-8-15-6-4-5-7-17(15)24/h4-7,10-11,14H,8-9,12H2,1-3H3,(H,22,26)/t14-/m1/s1. The first-order chi connectivity index (χ1) is 14.2. The van der Waals surface area contributed by atoms with E-state index in [1.807, 2.05) is 24.3 Å². The van der Waals surface area contributed by atoms with Crippen molar-refractivity contribution in [2.24, 2.45) is 0 Å². The van der Waals surface area contributed by atoms with Gasteiger partial charge in [-0.1, -0.05) is 18.2 Å². The maximum Gasteiger partial charge on any atom is 0.265 e. The number of hydrogen-bond donors (Lipinski definition) is 1. The molecule has 0 saturated heterocycles. The van der Waals surface area contributed by atoms with E-state index in [2.05, 4.69) is 5.32 Å². The Morgan fingerprint density at radius 1 is 1.30 bits per heavy atom. The first-order valence-corrected chi connectivity index (χ1v) is 11.1. The molecule has 0 radical (unpaired) electrons. The van der Waals surface area contributed by atoms with E-state index in [4.69, 9.17) is 4.74 Å². The second-order valence-corrected chi connectivity index (χ2v) is 9.56. The number of rotatable bonds is 4. The van der Waals surface area contributed by atoms with E-state index in [1.54, 1.807) is 24.8 Å². The number of amides is 2. The Hall–Kier alpha value is -2.91. The summed E-state index contributed by atoms with van der Waals surface area (Å²) in [4.78, 5) is 26.3. The van der Waals surface area contributed by atoms with Gasteiger partial charge in [0.25, 0.3) is 5.91 Å². The van der Waals surface area contributed by atoms with E-state index in [0.29, 0.717) is 23.5 Å². The number of sulfonamides is 1. The largest absolute Gasteiger partial charge is 0.479 e. The van der Waals surface area contributed by atoms with Gasteiger partial charge in [0, 0.05) is 25.3 Å². The third kappa shape index (κ3) is 3.44. The van der Waals surface area contributed by atoms with Crippen molar-refractivity contribution in [2.45, 2.75) is 31.3 Å². The number of likely N-dealkylation sites (N-methyl/N-ethyl adjacent to an activating group) is 1. The second-order valence-electron chi connectivity index (χ2n) is 7.55. The van der Waals surface area contributed by atoms with E-state index in [0.717, 1.165) is 22.0 Å². The minimum atomic E-state index is -3.94. The smallest absolute Gasteiger partial charge is 0.265 e. The Kier molecular flexibility index (Phi) is 5.03. The van der Waals surface area contributed by atoms with Crippen LogP contribution in [0, 0.1) is 6.92 Å². The van der Waals surface area contributed by atoms with Crippen LogP contribution in [-0.2, 0) is 26.0 Å². The monoisotopic (exact) mass is 429 g/mol.